The van der Waals surface area contributed by atoms with Crippen molar-refractivity contribution in [3.8, 4) is 0 Å². The van der Waals surface area contributed by atoms with Crippen LogP contribution in [0.25, 0.3) is 11.0 Å². The fourth-order valence-corrected chi connectivity index (χ4v) is 3.74. The van der Waals surface area contributed by atoms with E-state index in [0.717, 1.165) is 24.6 Å². The largest absolute Gasteiger partial charge is 0.458 e. The minimum Gasteiger partial charge on any atom is -0.458 e. The molecular formula is C17H16O4. The molecule has 1 aromatic heterocycles. The normalized spacial score (nSPS) is 27.1. The van der Waals surface area contributed by atoms with Gasteiger partial charge in [-0.2, -0.15) is 0 Å². The summed E-state index contributed by atoms with van der Waals surface area (Å²) in [5.74, 6) is 0.624. The number of para-hydroxylation sites is 1. The number of hydrogen-bond acceptors (Lipinski definition) is 4. The molecule has 4 heteroatoms. The molecule has 1 heterocycles. The van der Waals surface area contributed by atoms with Crippen molar-refractivity contribution in [2.45, 2.75) is 31.8 Å². The van der Waals surface area contributed by atoms with Gasteiger partial charge in [-0.3, -0.25) is 0 Å². The maximum absolute atomic E-state index is 12.3. The van der Waals surface area contributed by atoms with Gasteiger partial charge in [-0.05, 0) is 49.7 Å². The van der Waals surface area contributed by atoms with Gasteiger partial charge in [0.05, 0.1) is 0 Å². The van der Waals surface area contributed by atoms with Gasteiger partial charge in [0, 0.05) is 5.39 Å². The third-order valence-corrected chi connectivity index (χ3v) is 4.79. The molecule has 2 aromatic rings. The summed E-state index contributed by atoms with van der Waals surface area (Å²) in [6, 6.07) is 8.72. The lowest BCUT2D eigenvalue weighted by atomic mass is 9.98. The molecule has 0 aliphatic heterocycles. The molecule has 0 unspecified atom stereocenters. The zero-order valence-corrected chi connectivity index (χ0v) is 11.6. The number of fused-ring (bicyclic) bond motifs is 3. The van der Waals surface area contributed by atoms with Crippen LogP contribution in [-0.2, 0) is 4.74 Å². The van der Waals surface area contributed by atoms with Crippen LogP contribution in [-0.4, -0.2) is 12.1 Å². The molecule has 2 aliphatic rings. The van der Waals surface area contributed by atoms with E-state index in [9.17, 15) is 9.59 Å². The Morgan fingerprint density at radius 1 is 1.19 bits per heavy atom. The molecule has 0 N–H and O–H groups in total. The predicted octanol–water partition coefficient (Wildman–Crippen LogP) is 3.14. The second-order valence-electron chi connectivity index (χ2n) is 6.10. The molecular weight excluding hydrogens is 268 g/mol. The summed E-state index contributed by atoms with van der Waals surface area (Å²) < 4.78 is 10.7. The Morgan fingerprint density at radius 2 is 2.05 bits per heavy atom. The first kappa shape index (κ1) is 12.6. The van der Waals surface area contributed by atoms with Gasteiger partial charge in [0.1, 0.15) is 17.3 Å². The SMILES string of the molecule is O=C(O[C@@H]1C[C@@H]2CC[C@@H]1C2)c1cc2ccccc2oc1=O. The molecule has 21 heavy (non-hydrogen) atoms. The summed E-state index contributed by atoms with van der Waals surface area (Å²) in [6.07, 6.45) is 4.45. The summed E-state index contributed by atoms with van der Waals surface area (Å²) >= 11 is 0. The zero-order valence-electron chi connectivity index (χ0n) is 11.6. The number of carbonyl (C=O) groups is 1. The van der Waals surface area contributed by atoms with Crippen LogP contribution in [0.1, 0.15) is 36.0 Å². The number of rotatable bonds is 2. The first-order chi connectivity index (χ1) is 10.2. The van der Waals surface area contributed by atoms with Crippen LogP contribution in [0.5, 0.6) is 0 Å². The Labute approximate surface area is 121 Å². The molecule has 2 fully saturated rings. The molecule has 2 bridgehead atoms. The van der Waals surface area contributed by atoms with Gasteiger partial charge >= 0.3 is 11.6 Å². The number of ether oxygens (including phenoxy) is 1. The Bertz CT molecular complexity index is 761. The van der Waals surface area contributed by atoms with Crippen LogP contribution in [0.15, 0.2) is 39.5 Å². The van der Waals surface area contributed by atoms with Crippen LogP contribution >= 0.6 is 0 Å². The first-order valence-electron chi connectivity index (χ1n) is 7.44. The third kappa shape index (κ3) is 2.15. The second kappa shape index (κ2) is 4.72. The monoisotopic (exact) mass is 284 g/mol. The van der Waals surface area contributed by atoms with Crippen LogP contribution in [0.4, 0.5) is 0 Å². The van der Waals surface area contributed by atoms with Gasteiger partial charge in [-0.25, -0.2) is 9.59 Å². The van der Waals surface area contributed by atoms with Gasteiger partial charge in [0.25, 0.3) is 0 Å². The van der Waals surface area contributed by atoms with E-state index in [0.29, 0.717) is 17.4 Å². The van der Waals surface area contributed by atoms with Crippen LogP contribution in [0, 0.1) is 11.8 Å². The summed E-state index contributed by atoms with van der Waals surface area (Å²) in [4.78, 5) is 24.2. The topological polar surface area (TPSA) is 56.5 Å². The minimum atomic E-state index is -0.623. The number of carbonyl (C=O) groups excluding carboxylic acids is 1. The van der Waals surface area contributed by atoms with Crippen LogP contribution in [0.3, 0.4) is 0 Å². The van der Waals surface area contributed by atoms with Crippen LogP contribution in [0.2, 0.25) is 0 Å². The van der Waals surface area contributed by atoms with E-state index in [1.54, 1.807) is 18.2 Å². The molecule has 3 atom stereocenters. The molecule has 2 aliphatic carbocycles. The van der Waals surface area contributed by atoms with Crippen molar-refractivity contribution < 1.29 is 13.9 Å². The van der Waals surface area contributed by atoms with Crippen LogP contribution < -0.4 is 5.63 Å². The van der Waals surface area contributed by atoms with Crippen molar-refractivity contribution in [3.05, 3.63) is 46.3 Å². The first-order valence-corrected chi connectivity index (χ1v) is 7.44. The van der Waals surface area contributed by atoms with Crippen molar-refractivity contribution >= 4 is 16.9 Å². The highest BCUT2D eigenvalue weighted by molar-refractivity contribution is 5.92. The smallest absolute Gasteiger partial charge is 0.351 e. The van der Waals surface area contributed by atoms with Crippen molar-refractivity contribution in [2.75, 3.05) is 0 Å². The van der Waals surface area contributed by atoms with Crippen molar-refractivity contribution in [3.63, 3.8) is 0 Å². The summed E-state index contributed by atoms with van der Waals surface area (Å²) in [5.41, 5.74) is -0.141. The van der Waals surface area contributed by atoms with Gasteiger partial charge in [0.2, 0.25) is 0 Å². The maximum atomic E-state index is 12.3. The Kier molecular flexibility index (Phi) is 2.84. The van der Waals surface area contributed by atoms with E-state index in [4.69, 9.17) is 9.15 Å². The molecule has 108 valence electrons. The molecule has 0 radical (unpaired) electrons. The highest BCUT2D eigenvalue weighted by atomic mass is 16.5. The second-order valence-corrected chi connectivity index (χ2v) is 6.10. The molecule has 2 saturated carbocycles. The fraction of sp³-hybridized carbons (Fsp3) is 0.412. The summed E-state index contributed by atoms with van der Waals surface area (Å²) in [6.45, 7) is 0. The van der Waals surface area contributed by atoms with Gasteiger partial charge in [-0.1, -0.05) is 18.2 Å². The maximum Gasteiger partial charge on any atom is 0.351 e. The average Bonchev–Trinajstić information content (AvgIpc) is 3.09. The molecule has 0 saturated heterocycles. The van der Waals surface area contributed by atoms with Crippen molar-refractivity contribution in [1.29, 1.82) is 0 Å². The minimum absolute atomic E-state index is 0.00327. The highest BCUT2D eigenvalue weighted by Gasteiger charge is 2.42. The number of esters is 1. The Hall–Kier alpha value is -2.10. The van der Waals surface area contributed by atoms with E-state index < -0.39 is 11.6 Å². The average molecular weight is 284 g/mol. The quantitative estimate of drug-likeness (QED) is 0.628. The lowest BCUT2D eigenvalue weighted by molar-refractivity contribution is 0.0154. The molecule has 4 rings (SSSR count). The lowest BCUT2D eigenvalue weighted by Gasteiger charge is -2.21. The standard InChI is InChI=1S/C17H16O4/c18-16-13(9-11-3-1-2-4-14(11)20-16)17(19)21-15-8-10-5-6-12(15)7-10/h1-4,9-10,12,15H,5-8H2/t10-,12-,15-/m1/s1. The molecule has 0 amide bonds. The lowest BCUT2D eigenvalue weighted by Crippen LogP contribution is -2.26. The Morgan fingerprint density at radius 3 is 2.81 bits per heavy atom. The van der Waals surface area contributed by atoms with E-state index in [-0.39, 0.29) is 11.7 Å². The predicted molar refractivity (Wildman–Crippen MR) is 77.1 cm³/mol. The van der Waals surface area contributed by atoms with Gasteiger partial charge in [-0.15, -0.1) is 0 Å². The fourth-order valence-electron chi connectivity index (χ4n) is 3.74. The summed E-state index contributed by atoms with van der Waals surface area (Å²) in [5, 5.41) is 0.733. The number of benzene rings is 1. The summed E-state index contributed by atoms with van der Waals surface area (Å²) in [7, 11) is 0. The highest BCUT2D eigenvalue weighted by Crippen LogP contribution is 2.46. The van der Waals surface area contributed by atoms with Crippen molar-refractivity contribution in [2.24, 2.45) is 11.8 Å². The molecule has 4 nitrogen and oxygen atoms in total. The molecule has 0 spiro atoms. The number of hydrogen-bond donors (Lipinski definition) is 0. The van der Waals surface area contributed by atoms with E-state index >= 15 is 0 Å². The zero-order chi connectivity index (χ0) is 14.4. The van der Waals surface area contributed by atoms with Gasteiger partial charge < -0.3 is 9.15 Å². The van der Waals surface area contributed by atoms with Gasteiger partial charge in [0.15, 0.2) is 0 Å². The van der Waals surface area contributed by atoms with Crippen molar-refractivity contribution in [1.82, 2.24) is 0 Å². The van der Waals surface area contributed by atoms with E-state index in [1.807, 2.05) is 12.1 Å². The Balaban J connectivity index is 1.62. The van der Waals surface area contributed by atoms with E-state index in [1.165, 1.54) is 6.42 Å². The molecule has 1 aromatic carbocycles. The third-order valence-electron chi connectivity index (χ3n) is 4.79. The van der Waals surface area contributed by atoms with E-state index in [2.05, 4.69) is 0 Å².